The molecule has 104 valence electrons. The van der Waals surface area contributed by atoms with Crippen LogP contribution in [0.4, 0.5) is 0 Å². The maximum atomic E-state index is 11.7. The number of ether oxygens (including phenoxy) is 1. The molecule has 2 N–H and O–H groups in total. The molecular weight excluding hydrogens is 240 g/mol. The molecule has 1 aromatic rings. The molecule has 0 saturated carbocycles. The Morgan fingerprint density at radius 3 is 3.05 bits per heavy atom. The van der Waals surface area contributed by atoms with E-state index in [0.717, 1.165) is 24.3 Å². The topological polar surface area (TPSA) is 50.4 Å². The highest BCUT2D eigenvalue weighted by molar-refractivity contribution is 5.76. The molecule has 0 radical (unpaired) electrons. The minimum absolute atomic E-state index is 0.104. The second-order valence-corrected chi connectivity index (χ2v) is 4.96. The molecule has 19 heavy (non-hydrogen) atoms. The Kier molecular flexibility index (Phi) is 5.21. The first-order valence-corrected chi connectivity index (χ1v) is 6.94. The lowest BCUT2D eigenvalue weighted by molar-refractivity contribution is -0.121. The summed E-state index contributed by atoms with van der Waals surface area (Å²) in [5.74, 6) is 0.988. The molecule has 0 bridgehead atoms. The van der Waals surface area contributed by atoms with Crippen molar-refractivity contribution < 1.29 is 9.53 Å². The van der Waals surface area contributed by atoms with Gasteiger partial charge in [0.2, 0.25) is 5.91 Å². The normalized spacial score (nSPS) is 18.3. The van der Waals surface area contributed by atoms with Gasteiger partial charge in [0.05, 0.1) is 6.54 Å². The molecule has 1 unspecified atom stereocenters. The van der Waals surface area contributed by atoms with E-state index in [1.807, 2.05) is 31.2 Å². The molecule has 1 aliphatic rings. The Balaban J connectivity index is 1.61. The SMILES string of the molecule is Cc1ccccc1OCCNC(=O)CC1CCCN1. The van der Waals surface area contributed by atoms with E-state index in [4.69, 9.17) is 4.74 Å². The van der Waals surface area contributed by atoms with Crippen molar-refractivity contribution in [1.82, 2.24) is 10.6 Å². The molecule has 2 rings (SSSR count). The summed E-state index contributed by atoms with van der Waals surface area (Å²) in [5, 5.41) is 6.21. The third-order valence-electron chi connectivity index (χ3n) is 3.37. The van der Waals surface area contributed by atoms with Crippen LogP contribution in [0.15, 0.2) is 24.3 Å². The predicted molar refractivity (Wildman–Crippen MR) is 75.3 cm³/mol. The van der Waals surface area contributed by atoms with Gasteiger partial charge in [0.25, 0.3) is 0 Å². The van der Waals surface area contributed by atoms with Crippen molar-refractivity contribution in [2.75, 3.05) is 19.7 Å². The van der Waals surface area contributed by atoms with E-state index in [0.29, 0.717) is 25.6 Å². The minimum atomic E-state index is 0.104. The molecule has 4 heteroatoms. The number of hydrogen-bond acceptors (Lipinski definition) is 3. The van der Waals surface area contributed by atoms with E-state index in [-0.39, 0.29) is 5.91 Å². The number of carbonyl (C=O) groups is 1. The predicted octanol–water partition coefficient (Wildman–Crippen LogP) is 1.63. The Hall–Kier alpha value is -1.55. The first kappa shape index (κ1) is 13.9. The van der Waals surface area contributed by atoms with Crippen molar-refractivity contribution in [3.63, 3.8) is 0 Å². The van der Waals surface area contributed by atoms with Gasteiger partial charge in [0, 0.05) is 12.5 Å². The van der Waals surface area contributed by atoms with Crippen molar-refractivity contribution in [3.05, 3.63) is 29.8 Å². The Morgan fingerprint density at radius 2 is 2.32 bits per heavy atom. The molecule has 1 aliphatic heterocycles. The van der Waals surface area contributed by atoms with Gasteiger partial charge in [-0.1, -0.05) is 18.2 Å². The van der Waals surface area contributed by atoms with Crippen molar-refractivity contribution >= 4 is 5.91 Å². The van der Waals surface area contributed by atoms with Crippen LogP contribution in [-0.2, 0) is 4.79 Å². The zero-order chi connectivity index (χ0) is 13.5. The lowest BCUT2D eigenvalue weighted by Crippen LogP contribution is -2.33. The van der Waals surface area contributed by atoms with E-state index in [1.54, 1.807) is 0 Å². The summed E-state index contributed by atoms with van der Waals surface area (Å²) in [5.41, 5.74) is 1.11. The first-order chi connectivity index (χ1) is 9.25. The van der Waals surface area contributed by atoms with Gasteiger partial charge in [-0.15, -0.1) is 0 Å². The number of rotatable bonds is 6. The van der Waals surface area contributed by atoms with Crippen LogP contribution in [0.1, 0.15) is 24.8 Å². The average Bonchev–Trinajstić information content (AvgIpc) is 2.89. The number of amides is 1. The third kappa shape index (κ3) is 4.56. The fourth-order valence-electron chi connectivity index (χ4n) is 2.30. The number of aryl methyl sites for hydroxylation is 1. The smallest absolute Gasteiger partial charge is 0.221 e. The van der Waals surface area contributed by atoms with Gasteiger partial charge < -0.3 is 15.4 Å². The molecule has 0 aliphatic carbocycles. The zero-order valence-electron chi connectivity index (χ0n) is 11.4. The van der Waals surface area contributed by atoms with Crippen molar-refractivity contribution in [1.29, 1.82) is 0 Å². The molecule has 0 aromatic heterocycles. The second-order valence-electron chi connectivity index (χ2n) is 4.96. The fourth-order valence-corrected chi connectivity index (χ4v) is 2.30. The van der Waals surface area contributed by atoms with Gasteiger partial charge in [-0.3, -0.25) is 4.79 Å². The quantitative estimate of drug-likeness (QED) is 0.766. The Labute approximate surface area is 114 Å². The maximum absolute atomic E-state index is 11.7. The molecule has 1 amide bonds. The molecule has 1 heterocycles. The van der Waals surface area contributed by atoms with Gasteiger partial charge in [-0.2, -0.15) is 0 Å². The summed E-state index contributed by atoms with van der Waals surface area (Å²) in [6.07, 6.45) is 2.85. The van der Waals surface area contributed by atoms with Gasteiger partial charge in [0.1, 0.15) is 12.4 Å². The number of nitrogens with one attached hydrogen (secondary N) is 2. The molecule has 4 nitrogen and oxygen atoms in total. The average molecular weight is 262 g/mol. The van der Waals surface area contributed by atoms with Crippen LogP contribution in [0, 0.1) is 6.92 Å². The summed E-state index contributed by atoms with van der Waals surface area (Å²) in [7, 11) is 0. The standard InChI is InChI=1S/C15H22N2O2/c1-12-5-2-3-7-14(12)19-10-9-17-15(18)11-13-6-4-8-16-13/h2-3,5,7,13,16H,4,6,8-11H2,1H3,(H,17,18). The van der Waals surface area contributed by atoms with Crippen LogP contribution in [0.5, 0.6) is 5.75 Å². The molecule has 1 saturated heterocycles. The molecule has 1 aromatic carbocycles. The number of para-hydroxylation sites is 1. The van der Waals surface area contributed by atoms with E-state index in [9.17, 15) is 4.79 Å². The maximum Gasteiger partial charge on any atom is 0.221 e. The Bertz CT molecular complexity index is 414. The molecule has 0 spiro atoms. The van der Waals surface area contributed by atoms with Gasteiger partial charge in [0.15, 0.2) is 0 Å². The van der Waals surface area contributed by atoms with Crippen LogP contribution in [0.2, 0.25) is 0 Å². The van der Waals surface area contributed by atoms with E-state index in [2.05, 4.69) is 10.6 Å². The number of benzene rings is 1. The highest BCUT2D eigenvalue weighted by Crippen LogP contribution is 2.15. The lowest BCUT2D eigenvalue weighted by atomic mass is 10.1. The zero-order valence-corrected chi connectivity index (χ0v) is 11.4. The van der Waals surface area contributed by atoms with Crippen LogP contribution in [0.3, 0.4) is 0 Å². The van der Waals surface area contributed by atoms with Crippen LogP contribution in [-0.4, -0.2) is 31.6 Å². The van der Waals surface area contributed by atoms with E-state index >= 15 is 0 Å². The van der Waals surface area contributed by atoms with Gasteiger partial charge in [-0.25, -0.2) is 0 Å². The second kappa shape index (κ2) is 7.14. The van der Waals surface area contributed by atoms with Crippen LogP contribution >= 0.6 is 0 Å². The third-order valence-corrected chi connectivity index (χ3v) is 3.37. The van der Waals surface area contributed by atoms with Crippen molar-refractivity contribution in [2.45, 2.75) is 32.2 Å². The van der Waals surface area contributed by atoms with Crippen LogP contribution in [0.25, 0.3) is 0 Å². The summed E-state index contributed by atoms with van der Waals surface area (Å²) < 4.78 is 5.63. The minimum Gasteiger partial charge on any atom is -0.491 e. The number of carbonyl (C=O) groups excluding carboxylic acids is 1. The van der Waals surface area contributed by atoms with Gasteiger partial charge in [-0.05, 0) is 37.9 Å². The lowest BCUT2D eigenvalue weighted by Gasteiger charge is -2.12. The highest BCUT2D eigenvalue weighted by atomic mass is 16.5. The fraction of sp³-hybridized carbons (Fsp3) is 0.533. The highest BCUT2D eigenvalue weighted by Gasteiger charge is 2.17. The summed E-state index contributed by atoms with van der Waals surface area (Å²) in [4.78, 5) is 11.7. The first-order valence-electron chi connectivity index (χ1n) is 6.94. The van der Waals surface area contributed by atoms with E-state index in [1.165, 1.54) is 6.42 Å². The monoisotopic (exact) mass is 262 g/mol. The molecule has 1 atom stereocenters. The van der Waals surface area contributed by atoms with Crippen LogP contribution < -0.4 is 15.4 Å². The molecular formula is C15H22N2O2. The Morgan fingerprint density at radius 1 is 1.47 bits per heavy atom. The summed E-state index contributed by atoms with van der Waals surface area (Å²) >= 11 is 0. The summed E-state index contributed by atoms with van der Waals surface area (Å²) in [6, 6.07) is 8.25. The van der Waals surface area contributed by atoms with Crippen molar-refractivity contribution in [2.24, 2.45) is 0 Å². The summed E-state index contributed by atoms with van der Waals surface area (Å²) in [6.45, 7) is 4.11. The van der Waals surface area contributed by atoms with Gasteiger partial charge >= 0.3 is 0 Å². The largest absolute Gasteiger partial charge is 0.491 e. The molecule has 1 fully saturated rings. The van der Waals surface area contributed by atoms with Crippen molar-refractivity contribution in [3.8, 4) is 5.75 Å². The van der Waals surface area contributed by atoms with E-state index < -0.39 is 0 Å². The number of hydrogen-bond donors (Lipinski definition) is 2.